The zero-order valence-corrected chi connectivity index (χ0v) is 10.9. The maximum Gasteiger partial charge on any atom is 0.254 e. The zero-order chi connectivity index (χ0) is 12.3. The normalized spacial score (nSPS) is 10.3. The summed E-state index contributed by atoms with van der Waals surface area (Å²) in [5.41, 5.74) is 4.24. The van der Waals surface area contributed by atoms with Gasteiger partial charge in [-0.3, -0.25) is 4.79 Å². The van der Waals surface area contributed by atoms with E-state index in [1.54, 1.807) is 0 Å². The fourth-order valence-corrected chi connectivity index (χ4v) is 2.19. The Balaban J connectivity index is 3.18. The third-order valence-electron chi connectivity index (χ3n) is 2.94. The average Bonchev–Trinajstić information content (AvgIpc) is 2.17. The minimum Gasteiger partial charge on any atom is -0.339 e. The molecular formula is C14H21NO. The number of nitrogens with zero attached hydrogens (tertiary/aromatic N) is 1. The Morgan fingerprint density at radius 3 is 1.88 bits per heavy atom. The molecule has 0 saturated carbocycles. The summed E-state index contributed by atoms with van der Waals surface area (Å²) in [6, 6.07) is 4.15. The molecule has 0 heterocycles. The van der Waals surface area contributed by atoms with E-state index in [1.165, 1.54) is 5.56 Å². The van der Waals surface area contributed by atoms with Crippen molar-refractivity contribution in [3.05, 3.63) is 34.4 Å². The highest BCUT2D eigenvalue weighted by Gasteiger charge is 2.17. The second-order valence-corrected chi connectivity index (χ2v) is 4.25. The number of rotatable bonds is 3. The molecule has 16 heavy (non-hydrogen) atoms. The van der Waals surface area contributed by atoms with Crippen LogP contribution in [-0.4, -0.2) is 23.9 Å². The molecule has 0 fully saturated rings. The molecule has 88 valence electrons. The third kappa shape index (κ3) is 2.43. The van der Waals surface area contributed by atoms with Gasteiger partial charge >= 0.3 is 0 Å². The van der Waals surface area contributed by atoms with Gasteiger partial charge in [-0.05, 0) is 45.7 Å². The molecular weight excluding hydrogens is 198 g/mol. The standard InChI is InChI=1S/C14H21NO/c1-6-15(7-2)14(16)13-11(4)8-10(3)9-12(13)5/h8-9H,6-7H2,1-5H3. The number of carbonyl (C=O) groups is 1. The monoisotopic (exact) mass is 219 g/mol. The first kappa shape index (κ1) is 12.8. The van der Waals surface area contributed by atoms with Gasteiger partial charge in [-0.1, -0.05) is 17.7 Å². The predicted molar refractivity (Wildman–Crippen MR) is 67.9 cm³/mol. The molecule has 0 bridgehead atoms. The lowest BCUT2D eigenvalue weighted by molar-refractivity contribution is 0.0771. The highest BCUT2D eigenvalue weighted by molar-refractivity contribution is 5.97. The molecule has 0 atom stereocenters. The van der Waals surface area contributed by atoms with Gasteiger partial charge in [-0.15, -0.1) is 0 Å². The van der Waals surface area contributed by atoms with Crippen LogP contribution in [0.15, 0.2) is 12.1 Å². The Morgan fingerprint density at radius 1 is 1.06 bits per heavy atom. The topological polar surface area (TPSA) is 20.3 Å². The zero-order valence-electron chi connectivity index (χ0n) is 10.9. The summed E-state index contributed by atoms with van der Waals surface area (Å²) in [6.07, 6.45) is 0. The van der Waals surface area contributed by atoms with Crippen molar-refractivity contribution in [1.29, 1.82) is 0 Å². The van der Waals surface area contributed by atoms with E-state index in [-0.39, 0.29) is 5.91 Å². The molecule has 1 rings (SSSR count). The molecule has 2 nitrogen and oxygen atoms in total. The van der Waals surface area contributed by atoms with Crippen molar-refractivity contribution in [2.75, 3.05) is 13.1 Å². The van der Waals surface area contributed by atoms with Gasteiger partial charge in [-0.2, -0.15) is 0 Å². The van der Waals surface area contributed by atoms with Crippen molar-refractivity contribution >= 4 is 5.91 Å². The van der Waals surface area contributed by atoms with Gasteiger partial charge in [0.15, 0.2) is 0 Å². The average molecular weight is 219 g/mol. The maximum absolute atomic E-state index is 12.3. The highest BCUT2D eigenvalue weighted by atomic mass is 16.2. The Kier molecular flexibility index (Phi) is 4.11. The van der Waals surface area contributed by atoms with Gasteiger partial charge in [0.2, 0.25) is 0 Å². The summed E-state index contributed by atoms with van der Waals surface area (Å²) in [7, 11) is 0. The van der Waals surface area contributed by atoms with E-state index < -0.39 is 0 Å². The summed E-state index contributed by atoms with van der Waals surface area (Å²) < 4.78 is 0. The van der Waals surface area contributed by atoms with Crippen molar-refractivity contribution < 1.29 is 4.79 Å². The number of amides is 1. The van der Waals surface area contributed by atoms with E-state index in [0.717, 1.165) is 29.8 Å². The Bertz CT molecular complexity index is 369. The number of aryl methyl sites for hydroxylation is 3. The van der Waals surface area contributed by atoms with Crippen molar-refractivity contribution in [2.45, 2.75) is 34.6 Å². The summed E-state index contributed by atoms with van der Waals surface area (Å²) >= 11 is 0. The predicted octanol–water partition coefficient (Wildman–Crippen LogP) is 3.09. The highest BCUT2D eigenvalue weighted by Crippen LogP contribution is 2.18. The molecule has 0 aliphatic heterocycles. The van der Waals surface area contributed by atoms with Crippen LogP contribution in [0.4, 0.5) is 0 Å². The van der Waals surface area contributed by atoms with Crippen LogP contribution in [0.25, 0.3) is 0 Å². The minimum atomic E-state index is 0.153. The molecule has 0 aliphatic rings. The molecule has 1 amide bonds. The SMILES string of the molecule is CCN(CC)C(=O)c1c(C)cc(C)cc1C. The fraction of sp³-hybridized carbons (Fsp3) is 0.500. The lowest BCUT2D eigenvalue weighted by Crippen LogP contribution is -2.31. The van der Waals surface area contributed by atoms with Crippen molar-refractivity contribution in [2.24, 2.45) is 0 Å². The lowest BCUT2D eigenvalue weighted by atomic mass is 9.99. The van der Waals surface area contributed by atoms with Gasteiger partial charge in [0.05, 0.1) is 0 Å². The number of hydrogen-bond acceptors (Lipinski definition) is 1. The van der Waals surface area contributed by atoms with Crippen LogP contribution < -0.4 is 0 Å². The van der Waals surface area contributed by atoms with Crippen LogP contribution >= 0.6 is 0 Å². The second kappa shape index (κ2) is 5.15. The molecule has 0 N–H and O–H groups in total. The van der Waals surface area contributed by atoms with E-state index >= 15 is 0 Å². The third-order valence-corrected chi connectivity index (χ3v) is 2.94. The van der Waals surface area contributed by atoms with Gasteiger partial charge in [0.1, 0.15) is 0 Å². The largest absolute Gasteiger partial charge is 0.339 e. The number of carbonyl (C=O) groups excluding carboxylic acids is 1. The van der Waals surface area contributed by atoms with E-state index in [2.05, 4.69) is 19.1 Å². The molecule has 0 saturated heterocycles. The summed E-state index contributed by atoms with van der Waals surface area (Å²) in [5.74, 6) is 0.153. The summed E-state index contributed by atoms with van der Waals surface area (Å²) in [5, 5.41) is 0. The molecule has 0 spiro atoms. The second-order valence-electron chi connectivity index (χ2n) is 4.25. The summed E-state index contributed by atoms with van der Waals surface area (Å²) in [6.45, 7) is 11.6. The van der Waals surface area contributed by atoms with E-state index in [1.807, 2.05) is 32.6 Å². The maximum atomic E-state index is 12.3. The number of hydrogen-bond donors (Lipinski definition) is 0. The fourth-order valence-electron chi connectivity index (χ4n) is 2.19. The first-order valence-corrected chi connectivity index (χ1v) is 5.88. The van der Waals surface area contributed by atoms with Crippen LogP contribution in [-0.2, 0) is 0 Å². The van der Waals surface area contributed by atoms with E-state index in [4.69, 9.17) is 0 Å². The van der Waals surface area contributed by atoms with Crippen molar-refractivity contribution in [3.8, 4) is 0 Å². The molecule has 0 unspecified atom stereocenters. The van der Waals surface area contributed by atoms with E-state index in [0.29, 0.717) is 0 Å². The smallest absolute Gasteiger partial charge is 0.254 e. The van der Waals surface area contributed by atoms with Gasteiger partial charge in [0.25, 0.3) is 5.91 Å². The van der Waals surface area contributed by atoms with Crippen molar-refractivity contribution in [3.63, 3.8) is 0 Å². The molecule has 0 aromatic heterocycles. The minimum absolute atomic E-state index is 0.153. The number of benzene rings is 1. The molecule has 1 aromatic carbocycles. The van der Waals surface area contributed by atoms with Crippen LogP contribution in [0.3, 0.4) is 0 Å². The van der Waals surface area contributed by atoms with Gasteiger partial charge in [0, 0.05) is 18.7 Å². The molecule has 0 aliphatic carbocycles. The first-order chi connectivity index (χ1) is 7.51. The van der Waals surface area contributed by atoms with Crippen LogP contribution in [0.5, 0.6) is 0 Å². The van der Waals surface area contributed by atoms with Crippen molar-refractivity contribution in [1.82, 2.24) is 4.90 Å². The lowest BCUT2D eigenvalue weighted by Gasteiger charge is -2.21. The summed E-state index contributed by atoms with van der Waals surface area (Å²) in [4.78, 5) is 14.2. The molecule has 2 heteroatoms. The van der Waals surface area contributed by atoms with Gasteiger partial charge < -0.3 is 4.90 Å². The molecule has 0 radical (unpaired) electrons. The van der Waals surface area contributed by atoms with Crippen LogP contribution in [0.2, 0.25) is 0 Å². The Morgan fingerprint density at radius 2 is 1.50 bits per heavy atom. The Labute approximate surface area is 98.3 Å². The van der Waals surface area contributed by atoms with Gasteiger partial charge in [-0.25, -0.2) is 0 Å². The Hall–Kier alpha value is -1.31. The van der Waals surface area contributed by atoms with Crippen LogP contribution in [0, 0.1) is 20.8 Å². The first-order valence-electron chi connectivity index (χ1n) is 5.88. The molecule has 1 aromatic rings. The quantitative estimate of drug-likeness (QED) is 0.765. The van der Waals surface area contributed by atoms with E-state index in [9.17, 15) is 4.79 Å². The van der Waals surface area contributed by atoms with Crippen LogP contribution in [0.1, 0.15) is 40.9 Å².